The molecule has 12 N–H and O–H groups in total. The Kier molecular flexibility index (Phi) is 22.5. The molecule has 1 heterocycles. The summed E-state index contributed by atoms with van der Waals surface area (Å²) in [6, 6.07) is 18.5. The van der Waals surface area contributed by atoms with Gasteiger partial charge >= 0.3 is 5.97 Å². The molecule has 0 saturated heterocycles. The fourth-order valence-corrected chi connectivity index (χ4v) is 9.96. The standard InChI is InChI=1S/C20H22N6O9S3.C18H16ClN5O8S3.H2O/c1-22-7-8-37(29,30)13-5-3-12(4-6-13)24-26-19-15(38(31,32)33)10-11-9-14(36-35-34-28)18(25-23-2)17(21)16(11)20(19)27;1-10-8-12(4-7-14(10)35(27,28)29)21-18-23-16(19)22-17(24-18)20-11-2-5-13(6-3-11)34-30-15(25)9-33-32-31-26;/h3-6,9-10,22,27-28H,7-8,21H2,1-2H3,(H,31,32,33);2-8,26H,9H2,1H3,(H,27,28,29)(H2,20,21,22,23,24);1H2. The Bertz CT molecular complexity index is 3350. The highest BCUT2D eigenvalue weighted by Crippen LogP contribution is 2.49. The van der Waals surface area contributed by atoms with E-state index in [2.05, 4.69) is 70.1 Å². The Labute approximate surface area is 437 Å². The lowest BCUT2D eigenvalue weighted by Gasteiger charge is -2.14. The van der Waals surface area contributed by atoms with E-state index in [0.29, 0.717) is 45.9 Å². The summed E-state index contributed by atoms with van der Waals surface area (Å²) in [7, 11) is -9.83. The smallest absolute Gasteiger partial charge is 0.330 e. The number of phenolic OH excluding ortho intramolecular Hbond substituents is 1. The molecule has 0 saturated carbocycles. The van der Waals surface area contributed by atoms with Crippen LogP contribution in [0.1, 0.15) is 5.56 Å². The Morgan fingerprint density at radius 3 is 1.99 bits per heavy atom. The van der Waals surface area contributed by atoms with Crippen LogP contribution in [0.4, 0.5) is 46.0 Å². The summed E-state index contributed by atoms with van der Waals surface area (Å²) >= 11 is 7.87. The van der Waals surface area contributed by atoms with E-state index >= 15 is 0 Å². The van der Waals surface area contributed by atoms with Gasteiger partial charge in [-0.15, -0.1) is 13.8 Å². The minimum Gasteiger partial charge on any atom is -0.505 e. The van der Waals surface area contributed by atoms with Crippen molar-refractivity contribution < 1.29 is 83.2 Å². The maximum absolute atomic E-state index is 12.3. The Hall–Kier alpha value is -5.97. The van der Waals surface area contributed by atoms with Crippen molar-refractivity contribution >= 4 is 141 Å². The lowest BCUT2D eigenvalue weighted by Crippen LogP contribution is -2.19. The lowest BCUT2D eigenvalue weighted by atomic mass is 10.1. The number of nitrogens with two attached hydrogens (primary N) is 1. The van der Waals surface area contributed by atoms with Gasteiger partial charge in [-0.2, -0.15) is 47.1 Å². The summed E-state index contributed by atoms with van der Waals surface area (Å²) in [5.41, 5.74) is 6.89. The molecule has 74 heavy (non-hydrogen) atoms. The molecule has 0 spiro atoms. The van der Waals surface area contributed by atoms with Crippen LogP contribution in [0.25, 0.3) is 10.8 Å². The van der Waals surface area contributed by atoms with Gasteiger partial charge in [0.1, 0.15) is 22.0 Å². The summed E-state index contributed by atoms with van der Waals surface area (Å²) in [6.07, 6.45) is 0. The number of hydrogen-bond donors (Lipinski definition) is 9. The minimum atomic E-state index is -4.93. The second-order valence-electron chi connectivity index (χ2n) is 13.8. The molecule has 0 aliphatic rings. The maximum atomic E-state index is 12.3. The lowest BCUT2D eigenvalue weighted by molar-refractivity contribution is -0.432. The van der Waals surface area contributed by atoms with Crippen LogP contribution in [0.15, 0.2) is 124 Å². The van der Waals surface area contributed by atoms with Gasteiger partial charge < -0.3 is 36.4 Å². The van der Waals surface area contributed by atoms with Crippen molar-refractivity contribution in [2.75, 3.05) is 48.5 Å². The monoisotopic (exact) mass is 1170 g/mol. The molecule has 0 atom stereocenters. The van der Waals surface area contributed by atoms with Crippen LogP contribution in [0.3, 0.4) is 0 Å². The van der Waals surface area contributed by atoms with Crippen LogP contribution in [0.5, 0.6) is 5.75 Å². The van der Waals surface area contributed by atoms with E-state index in [1.54, 1.807) is 31.3 Å². The number of sulfone groups is 1. The third kappa shape index (κ3) is 17.0. The zero-order chi connectivity index (χ0) is 53.5. The number of nitrogens with one attached hydrogen (secondary N) is 3. The summed E-state index contributed by atoms with van der Waals surface area (Å²) in [6.45, 7) is 1.79. The molecule has 0 amide bonds. The number of nitrogen functional groups attached to an aromatic ring is 1. The quantitative estimate of drug-likeness (QED) is 0.00612. The van der Waals surface area contributed by atoms with Crippen LogP contribution in [0, 0.1) is 6.92 Å². The number of fused-ring (bicyclic) bond motifs is 1. The summed E-state index contributed by atoms with van der Waals surface area (Å²) < 4.78 is 104. The molecule has 0 radical (unpaired) electrons. The molecule has 0 aliphatic heterocycles. The van der Waals surface area contributed by atoms with Gasteiger partial charge in [0.25, 0.3) is 20.2 Å². The largest absolute Gasteiger partial charge is 0.505 e. The first-order valence-electron chi connectivity index (χ1n) is 19.6. The van der Waals surface area contributed by atoms with Crippen LogP contribution in [0.2, 0.25) is 5.28 Å². The van der Waals surface area contributed by atoms with Crippen molar-refractivity contribution in [1.82, 2.24) is 20.3 Å². The van der Waals surface area contributed by atoms with Crippen LogP contribution in [-0.2, 0) is 57.8 Å². The van der Waals surface area contributed by atoms with Crippen molar-refractivity contribution in [3.8, 4) is 5.75 Å². The van der Waals surface area contributed by atoms with Gasteiger partial charge in [0.2, 0.25) is 17.2 Å². The number of halogens is 1. The Morgan fingerprint density at radius 2 is 1.41 bits per heavy atom. The first kappa shape index (κ1) is 60.6. The number of azo groups is 2. The number of phenols is 1. The van der Waals surface area contributed by atoms with Gasteiger partial charge in [0.15, 0.2) is 15.6 Å². The SMILES string of the molecule is CN=Nc1c(SOOO)cc2cc(S(=O)(=O)O)c(N=Nc3ccc(S(=O)(=O)CCNC)cc3)c(O)c2c1N.Cc1cc(Nc2nc(Cl)nc(Nc3ccc(SOC(=O)CSOOO)cc3)n2)ccc1S(=O)(=O)O.O. The second kappa shape index (κ2) is 27.5. The van der Waals surface area contributed by atoms with Gasteiger partial charge in [0.05, 0.1) is 61.3 Å². The summed E-state index contributed by atoms with van der Waals surface area (Å²) in [5, 5.41) is 58.0. The molecule has 36 heteroatoms. The fraction of sp³-hybridized carbons (Fsp3) is 0.158. The van der Waals surface area contributed by atoms with E-state index in [4.69, 9.17) is 32.0 Å². The summed E-state index contributed by atoms with van der Waals surface area (Å²) in [4.78, 5) is 23.5. The van der Waals surface area contributed by atoms with Crippen molar-refractivity contribution in [3.63, 3.8) is 0 Å². The molecule has 0 unspecified atom stereocenters. The van der Waals surface area contributed by atoms with Gasteiger partial charge in [-0.25, -0.2) is 18.9 Å². The van der Waals surface area contributed by atoms with E-state index in [1.165, 1.54) is 62.5 Å². The van der Waals surface area contributed by atoms with E-state index in [0.717, 1.165) is 18.1 Å². The molecule has 398 valence electrons. The Balaban J connectivity index is 0.000000317. The number of aromatic hydroxyl groups is 1. The predicted molar refractivity (Wildman–Crippen MR) is 269 cm³/mol. The van der Waals surface area contributed by atoms with Crippen molar-refractivity contribution in [1.29, 1.82) is 0 Å². The van der Waals surface area contributed by atoms with Gasteiger partial charge in [0, 0.05) is 41.9 Å². The number of aryl methyl sites for hydroxylation is 1. The second-order valence-corrected chi connectivity index (χ2v) is 21.3. The molecule has 6 rings (SSSR count). The van der Waals surface area contributed by atoms with Gasteiger partial charge in [-0.3, -0.25) is 13.9 Å². The van der Waals surface area contributed by atoms with Gasteiger partial charge in [-0.05, 0) is 115 Å². The topological polar surface area (TPSA) is 449 Å². The third-order valence-electron chi connectivity index (χ3n) is 8.94. The number of carbonyl (C=O) groups excluding carboxylic acids is 1. The van der Waals surface area contributed by atoms with Crippen LogP contribution in [-0.4, -0.2) is 109 Å². The molecule has 1 aromatic heterocycles. The predicted octanol–water partition coefficient (Wildman–Crippen LogP) is 7.29. The van der Waals surface area contributed by atoms with E-state index in [9.17, 15) is 44.3 Å². The zero-order valence-corrected chi connectivity index (χ0v) is 43.5. The van der Waals surface area contributed by atoms with E-state index in [-0.39, 0.29) is 83.2 Å². The highest BCUT2D eigenvalue weighted by Gasteiger charge is 2.26. The molecule has 6 aromatic rings. The highest BCUT2D eigenvalue weighted by atomic mass is 35.5. The molecule has 29 nitrogen and oxygen atoms in total. The van der Waals surface area contributed by atoms with Gasteiger partial charge in [-0.1, -0.05) is 10.1 Å². The average Bonchev–Trinajstić information content (AvgIpc) is 3.32. The molecule has 5 aromatic carbocycles. The van der Waals surface area contributed by atoms with Crippen molar-refractivity contribution in [2.24, 2.45) is 20.5 Å². The molecule has 0 fully saturated rings. The fourth-order valence-electron chi connectivity index (χ4n) is 5.85. The van der Waals surface area contributed by atoms with Crippen molar-refractivity contribution in [2.45, 2.75) is 31.4 Å². The number of carbonyl (C=O) groups is 1. The molecular formula is C38H40ClN11O18S6. The van der Waals surface area contributed by atoms with Crippen LogP contribution < -0.4 is 21.7 Å². The molecule has 0 bridgehead atoms. The average molecular weight is 1170 g/mol. The van der Waals surface area contributed by atoms with E-state index in [1.807, 2.05) is 0 Å². The molecular weight excluding hydrogens is 1130 g/mol. The number of anilines is 5. The first-order chi connectivity index (χ1) is 34.6. The number of rotatable bonds is 22. The number of hydrogen-bond acceptors (Lipinski definition) is 29. The zero-order valence-electron chi connectivity index (χ0n) is 37.8. The molecule has 0 aliphatic carbocycles. The maximum Gasteiger partial charge on any atom is 0.330 e. The number of nitrogens with zero attached hydrogens (tertiary/aromatic N) is 7. The minimum absolute atomic E-state index is 0. The Morgan fingerprint density at radius 1 is 0.784 bits per heavy atom. The highest BCUT2D eigenvalue weighted by molar-refractivity contribution is 7.96. The first-order valence-corrected chi connectivity index (χ1v) is 26.9. The third-order valence-corrected chi connectivity index (χ3v) is 14.6. The number of benzene rings is 5. The van der Waals surface area contributed by atoms with Crippen LogP contribution >= 0.6 is 47.7 Å². The normalized spacial score (nSPS) is 11.8. The van der Waals surface area contributed by atoms with E-state index < -0.39 is 52.4 Å². The number of aromatic nitrogens is 3. The van der Waals surface area contributed by atoms with Crippen molar-refractivity contribution in [3.05, 3.63) is 89.7 Å². The summed E-state index contributed by atoms with van der Waals surface area (Å²) in [5.74, 6) is -1.41.